The predicted octanol–water partition coefficient (Wildman–Crippen LogP) is 1.05. The Bertz CT molecular complexity index is 607. The highest BCUT2D eigenvalue weighted by Gasteiger charge is 2.12. The molecule has 0 radical (unpaired) electrons. The van der Waals surface area contributed by atoms with Gasteiger partial charge >= 0.3 is 11.8 Å². The second-order valence-electron chi connectivity index (χ2n) is 4.58. The lowest BCUT2D eigenvalue weighted by atomic mass is 10.2. The van der Waals surface area contributed by atoms with Crippen LogP contribution in [0.1, 0.15) is 18.9 Å². The highest BCUT2D eigenvalue weighted by atomic mass is 35.5. The minimum atomic E-state index is -0.890. The number of aromatic hydroxyl groups is 1. The Morgan fingerprint density at radius 1 is 1.38 bits per heavy atom. The van der Waals surface area contributed by atoms with Gasteiger partial charge in [0, 0.05) is 20.3 Å². The van der Waals surface area contributed by atoms with Crippen LogP contribution in [0.15, 0.2) is 17.2 Å². The van der Waals surface area contributed by atoms with E-state index < -0.39 is 11.8 Å². The van der Waals surface area contributed by atoms with Gasteiger partial charge in [0.05, 0.1) is 17.8 Å². The Balaban J connectivity index is 2.57. The molecule has 0 spiro atoms. The number of phenolic OH excluding ortho intramolecular Hbond substituents is 1. The van der Waals surface area contributed by atoms with Crippen LogP contribution in [-0.2, 0) is 14.3 Å². The van der Waals surface area contributed by atoms with Crippen LogP contribution in [0.25, 0.3) is 0 Å². The molecule has 8 nitrogen and oxygen atoms in total. The van der Waals surface area contributed by atoms with Gasteiger partial charge in [-0.1, -0.05) is 11.6 Å². The summed E-state index contributed by atoms with van der Waals surface area (Å²) in [5.74, 6) is -1.65. The number of nitrogens with one attached hydrogen (secondary N) is 2. The lowest BCUT2D eigenvalue weighted by Crippen LogP contribution is -2.38. The van der Waals surface area contributed by atoms with Crippen molar-refractivity contribution in [3.63, 3.8) is 0 Å². The van der Waals surface area contributed by atoms with Gasteiger partial charge in [-0.15, -0.1) is 0 Å². The van der Waals surface area contributed by atoms with Gasteiger partial charge in [-0.2, -0.15) is 5.10 Å². The zero-order valence-electron chi connectivity index (χ0n) is 13.5. The number of hydrogen-bond donors (Lipinski definition) is 3. The third kappa shape index (κ3) is 6.43. The molecule has 0 saturated carbocycles. The molecule has 9 heteroatoms. The Hall–Kier alpha value is -2.32. The summed E-state index contributed by atoms with van der Waals surface area (Å²) in [7, 11) is 1.55. The largest absolute Gasteiger partial charge is 0.503 e. The summed E-state index contributed by atoms with van der Waals surface area (Å²) in [5, 5.41) is 15.9. The van der Waals surface area contributed by atoms with E-state index in [0.29, 0.717) is 31.7 Å². The molecule has 1 aromatic carbocycles. The molecule has 0 saturated heterocycles. The van der Waals surface area contributed by atoms with E-state index in [1.54, 1.807) is 14.0 Å². The summed E-state index contributed by atoms with van der Waals surface area (Å²) in [5.41, 5.74) is 2.59. The molecule has 0 heterocycles. The molecule has 0 aliphatic heterocycles. The summed E-state index contributed by atoms with van der Waals surface area (Å²) in [6.45, 7) is 2.93. The summed E-state index contributed by atoms with van der Waals surface area (Å²) in [6, 6.07) is 2.95. The average molecular weight is 358 g/mol. The second kappa shape index (κ2) is 10.5. The van der Waals surface area contributed by atoms with E-state index in [1.165, 1.54) is 18.3 Å². The number of nitrogens with zero attached hydrogens (tertiary/aromatic N) is 1. The number of hydrazone groups is 1. The van der Waals surface area contributed by atoms with Gasteiger partial charge in [-0.25, -0.2) is 5.43 Å². The first-order valence-electron chi connectivity index (χ1n) is 7.25. The minimum absolute atomic E-state index is 0.0876. The van der Waals surface area contributed by atoms with Crippen molar-refractivity contribution in [1.29, 1.82) is 0 Å². The van der Waals surface area contributed by atoms with Gasteiger partial charge in [-0.3, -0.25) is 9.59 Å². The van der Waals surface area contributed by atoms with Crippen LogP contribution in [0.4, 0.5) is 0 Å². The second-order valence-corrected chi connectivity index (χ2v) is 4.99. The van der Waals surface area contributed by atoms with Crippen molar-refractivity contribution >= 4 is 29.6 Å². The van der Waals surface area contributed by atoms with Gasteiger partial charge in [0.25, 0.3) is 0 Å². The Morgan fingerprint density at radius 2 is 2.12 bits per heavy atom. The van der Waals surface area contributed by atoms with Crippen LogP contribution in [0.3, 0.4) is 0 Å². The molecule has 3 N–H and O–H groups in total. The maximum absolute atomic E-state index is 11.5. The van der Waals surface area contributed by atoms with Crippen molar-refractivity contribution in [2.45, 2.75) is 13.3 Å². The number of benzene rings is 1. The van der Waals surface area contributed by atoms with E-state index in [4.69, 9.17) is 21.1 Å². The summed E-state index contributed by atoms with van der Waals surface area (Å²) >= 11 is 5.88. The molecule has 0 aromatic heterocycles. The zero-order chi connectivity index (χ0) is 17.9. The first kappa shape index (κ1) is 19.7. The Morgan fingerprint density at radius 3 is 2.79 bits per heavy atom. The molecule has 0 unspecified atom stereocenters. The standard InChI is InChI=1S/C15H20ClN3O5/c1-3-24-12-8-10(7-11(16)13(12)20)9-18-19-15(22)14(21)17-5-4-6-23-2/h7-9,20H,3-6H2,1-2H3,(H,17,21)(H,19,22)/b18-9-. The first-order chi connectivity index (χ1) is 11.5. The topological polar surface area (TPSA) is 109 Å². The number of carbonyl (C=O) groups excluding carboxylic acids is 2. The van der Waals surface area contributed by atoms with Crippen LogP contribution < -0.4 is 15.5 Å². The van der Waals surface area contributed by atoms with E-state index in [0.717, 1.165) is 0 Å². The van der Waals surface area contributed by atoms with Crippen molar-refractivity contribution < 1.29 is 24.2 Å². The number of rotatable bonds is 8. The maximum Gasteiger partial charge on any atom is 0.329 e. The van der Waals surface area contributed by atoms with Crippen molar-refractivity contribution in [3.05, 3.63) is 22.7 Å². The fraction of sp³-hybridized carbons (Fsp3) is 0.400. The number of carbonyl (C=O) groups is 2. The molecular formula is C15H20ClN3O5. The number of ether oxygens (including phenoxy) is 2. The van der Waals surface area contributed by atoms with Crippen molar-refractivity contribution in [2.24, 2.45) is 5.10 Å². The predicted molar refractivity (Wildman–Crippen MR) is 89.5 cm³/mol. The highest BCUT2D eigenvalue weighted by Crippen LogP contribution is 2.34. The van der Waals surface area contributed by atoms with Gasteiger partial charge < -0.3 is 19.9 Å². The Kier molecular flexibility index (Phi) is 8.59. The summed E-state index contributed by atoms with van der Waals surface area (Å²) in [4.78, 5) is 23.0. The molecule has 24 heavy (non-hydrogen) atoms. The number of halogens is 1. The zero-order valence-corrected chi connectivity index (χ0v) is 14.2. The number of hydrogen-bond acceptors (Lipinski definition) is 6. The highest BCUT2D eigenvalue weighted by molar-refractivity contribution is 6.35. The van der Waals surface area contributed by atoms with Crippen LogP contribution in [-0.4, -0.2) is 50.0 Å². The van der Waals surface area contributed by atoms with E-state index in [2.05, 4.69) is 15.8 Å². The molecule has 2 amide bonds. The fourth-order valence-corrected chi connectivity index (χ4v) is 1.87. The summed E-state index contributed by atoms with van der Waals surface area (Å²) < 4.78 is 10.1. The minimum Gasteiger partial charge on any atom is -0.503 e. The molecular weight excluding hydrogens is 338 g/mol. The quantitative estimate of drug-likeness (QED) is 0.279. The lowest BCUT2D eigenvalue weighted by molar-refractivity contribution is -0.139. The van der Waals surface area contributed by atoms with E-state index >= 15 is 0 Å². The molecule has 1 rings (SSSR count). The summed E-state index contributed by atoms with van der Waals surface area (Å²) in [6.07, 6.45) is 1.88. The average Bonchev–Trinajstić information content (AvgIpc) is 2.56. The molecule has 132 valence electrons. The van der Waals surface area contributed by atoms with E-state index in [1.807, 2.05) is 0 Å². The number of amides is 2. The first-order valence-corrected chi connectivity index (χ1v) is 7.62. The lowest BCUT2D eigenvalue weighted by Gasteiger charge is -2.08. The van der Waals surface area contributed by atoms with Crippen LogP contribution in [0.5, 0.6) is 11.5 Å². The monoisotopic (exact) mass is 357 g/mol. The normalized spacial score (nSPS) is 10.6. The van der Waals surface area contributed by atoms with Gasteiger partial charge in [0.1, 0.15) is 0 Å². The molecule has 0 fully saturated rings. The molecule has 1 aromatic rings. The van der Waals surface area contributed by atoms with Crippen molar-refractivity contribution in [3.8, 4) is 11.5 Å². The van der Waals surface area contributed by atoms with E-state index in [-0.39, 0.29) is 16.5 Å². The van der Waals surface area contributed by atoms with Gasteiger partial charge in [-0.05, 0) is 31.0 Å². The number of phenols is 1. The fourth-order valence-electron chi connectivity index (χ4n) is 1.65. The third-order valence-corrected chi connectivity index (χ3v) is 3.04. The molecule has 0 bridgehead atoms. The van der Waals surface area contributed by atoms with Crippen LogP contribution in [0.2, 0.25) is 5.02 Å². The van der Waals surface area contributed by atoms with Gasteiger partial charge in [0.15, 0.2) is 11.5 Å². The van der Waals surface area contributed by atoms with Crippen LogP contribution >= 0.6 is 11.6 Å². The Labute approximate surface area is 144 Å². The van der Waals surface area contributed by atoms with Crippen molar-refractivity contribution in [1.82, 2.24) is 10.7 Å². The third-order valence-electron chi connectivity index (χ3n) is 2.75. The van der Waals surface area contributed by atoms with Gasteiger partial charge in [0.2, 0.25) is 0 Å². The maximum atomic E-state index is 11.5. The van der Waals surface area contributed by atoms with Crippen LogP contribution in [0, 0.1) is 0 Å². The van der Waals surface area contributed by atoms with Crippen molar-refractivity contribution in [2.75, 3.05) is 26.9 Å². The molecule has 0 aliphatic carbocycles. The molecule has 0 aliphatic rings. The molecule has 0 atom stereocenters. The van der Waals surface area contributed by atoms with E-state index in [9.17, 15) is 14.7 Å². The SMILES string of the molecule is CCOc1cc(/C=N\NC(=O)C(=O)NCCCOC)cc(Cl)c1O. The number of methoxy groups -OCH3 is 1. The smallest absolute Gasteiger partial charge is 0.329 e.